The van der Waals surface area contributed by atoms with Crippen LogP contribution in [0, 0.1) is 17.8 Å². The lowest BCUT2D eigenvalue weighted by atomic mass is 10.2. The quantitative estimate of drug-likeness (QED) is 0.667. The molecule has 14 heavy (non-hydrogen) atoms. The average molecular weight is 186 g/mol. The van der Waals surface area contributed by atoms with E-state index in [9.17, 15) is 5.11 Å². The minimum atomic E-state index is -0.690. The van der Waals surface area contributed by atoms with Crippen LogP contribution < -0.4 is 0 Å². The molecule has 0 heterocycles. The number of hydrogen-bond acceptors (Lipinski definition) is 1. The summed E-state index contributed by atoms with van der Waals surface area (Å²) in [6, 6.07) is 9.79. The van der Waals surface area contributed by atoms with Crippen LogP contribution in [-0.2, 0) is 0 Å². The third-order valence-corrected chi connectivity index (χ3v) is 2.76. The summed E-state index contributed by atoms with van der Waals surface area (Å²) in [6.07, 6.45) is 1.85. The van der Waals surface area contributed by atoms with E-state index in [0.29, 0.717) is 5.92 Å². The van der Waals surface area contributed by atoms with Gasteiger partial charge in [-0.25, -0.2) is 0 Å². The zero-order chi connectivity index (χ0) is 10.0. The summed E-state index contributed by atoms with van der Waals surface area (Å²) >= 11 is 0. The van der Waals surface area contributed by atoms with Gasteiger partial charge in [0, 0.05) is 11.5 Å². The highest BCUT2D eigenvalue weighted by molar-refractivity contribution is 5.38. The van der Waals surface area contributed by atoms with Gasteiger partial charge in [0.25, 0.3) is 0 Å². The maximum absolute atomic E-state index is 9.88. The van der Waals surface area contributed by atoms with E-state index in [1.165, 1.54) is 0 Å². The molecule has 0 unspecified atom stereocenters. The van der Waals surface area contributed by atoms with Gasteiger partial charge in [0.2, 0.25) is 0 Å². The topological polar surface area (TPSA) is 20.2 Å². The van der Waals surface area contributed by atoms with Crippen molar-refractivity contribution in [3.8, 4) is 11.8 Å². The fourth-order valence-electron chi connectivity index (χ4n) is 1.65. The van der Waals surface area contributed by atoms with Crippen LogP contribution in [0.25, 0.3) is 0 Å². The van der Waals surface area contributed by atoms with Crippen LogP contribution in [0.1, 0.15) is 25.3 Å². The highest BCUT2D eigenvalue weighted by Crippen LogP contribution is 2.44. The molecule has 1 aliphatic rings. The second-order valence-electron chi connectivity index (χ2n) is 3.85. The molecule has 72 valence electrons. The van der Waals surface area contributed by atoms with Crippen molar-refractivity contribution in [2.24, 2.45) is 5.92 Å². The summed E-state index contributed by atoms with van der Waals surface area (Å²) in [4.78, 5) is 0. The first-order chi connectivity index (χ1) is 6.74. The number of aliphatic hydroxyl groups is 1. The van der Waals surface area contributed by atoms with Gasteiger partial charge in [-0.05, 0) is 25.0 Å². The summed E-state index contributed by atoms with van der Waals surface area (Å²) in [7, 11) is 0. The maximum Gasteiger partial charge on any atom is 0.129 e. The van der Waals surface area contributed by atoms with E-state index < -0.39 is 5.60 Å². The van der Waals surface area contributed by atoms with E-state index in [1.807, 2.05) is 30.3 Å². The van der Waals surface area contributed by atoms with Crippen molar-refractivity contribution >= 4 is 0 Å². The minimum Gasteiger partial charge on any atom is -0.377 e. The molecular weight excluding hydrogens is 172 g/mol. The largest absolute Gasteiger partial charge is 0.377 e. The molecule has 0 bridgehead atoms. The van der Waals surface area contributed by atoms with Crippen molar-refractivity contribution in [2.45, 2.75) is 25.4 Å². The molecule has 0 radical (unpaired) electrons. The predicted octanol–water partition coefficient (Wildman–Crippen LogP) is 2.20. The lowest BCUT2D eigenvalue weighted by molar-refractivity contribution is 0.191. The number of hydrogen-bond donors (Lipinski definition) is 1. The van der Waals surface area contributed by atoms with E-state index in [4.69, 9.17) is 0 Å². The molecular formula is C13H14O. The second-order valence-corrected chi connectivity index (χ2v) is 3.85. The zero-order valence-electron chi connectivity index (χ0n) is 8.33. The van der Waals surface area contributed by atoms with Gasteiger partial charge in [-0.3, -0.25) is 0 Å². The predicted molar refractivity (Wildman–Crippen MR) is 56.7 cm³/mol. The standard InChI is InChI=1S/C13H14O/c1-2-12-10-13(12,14)9-8-11-6-4-3-5-7-11/h3-7,12,14H,2,10H2,1H3/t12-,13-/m1/s1. The molecule has 2 rings (SSSR count). The zero-order valence-corrected chi connectivity index (χ0v) is 8.33. The molecule has 1 heteroatoms. The maximum atomic E-state index is 9.88. The van der Waals surface area contributed by atoms with E-state index in [1.54, 1.807) is 0 Å². The lowest BCUT2D eigenvalue weighted by Crippen LogP contribution is -2.06. The highest BCUT2D eigenvalue weighted by atomic mass is 16.3. The van der Waals surface area contributed by atoms with Gasteiger partial charge in [-0.15, -0.1) is 0 Å². The third kappa shape index (κ3) is 1.81. The Morgan fingerprint density at radius 2 is 2.14 bits per heavy atom. The third-order valence-electron chi connectivity index (χ3n) is 2.76. The van der Waals surface area contributed by atoms with Crippen LogP contribution in [-0.4, -0.2) is 10.7 Å². The molecule has 1 aromatic rings. The molecule has 0 aliphatic heterocycles. The number of benzene rings is 1. The lowest BCUT2D eigenvalue weighted by Gasteiger charge is -1.97. The smallest absolute Gasteiger partial charge is 0.129 e. The summed E-state index contributed by atoms with van der Waals surface area (Å²) < 4.78 is 0. The van der Waals surface area contributed by atoms with Gasteiger partial charge >= 0.3 is 0 Å². The van der Waals surface area contributed by atoms with E-state index in [2.05, 4.69) is 18.8 Å². The van der Waals surface area contributed by atoms with Crippen molar-refractivity contribution in [1.29, 1.82) is 0 Å². The SMILES string of the molecule is CC[C@@H]1C[C@]1(O)C#Cc1ccccc1. The average Bonchev–Trinajstić information content (AvgIpc) is 2.89. The van der Waals surface area contributed by atoms with Crippen molar-refractivity contribution in [1.82, 2.24) is 0 Å². The Hall–Kier alpha value is -1.26. The Labute approximate surface area is 84.8 Å². The first-order valence-corrected chi connectivity index (χ1v) is 5.05. The summed E-state index contributed by atoms with van der Waals surface area (Å²) in [6.45, 7) is 2.09. The van der Waals surface area contributed by atoms with E-state index >= 15 is 0 Å². The Morgan fingerprint density at radius 1 is 1.43 bits per heavy atom. The van der Waals surface area contributed by atoms with Gasteiger partial charge in [-0.2, -0.15) is 0 Å². The van der Waals surface area contributed by atoms with Crippen LogP contribution in [0.3, 0.4) is 0 Å². The highest BCUT2D eigenvalue weighted by Gasteiger charge is 2.50. The van der Waals surface area contributed by atoms with Crippen LogP contribution in [0.15, 0.2) is 30.3 Å². The molecule has 2 atom stereocenters. The van der Waals surface area contributed by atoms with Gasteiger partial charge in [0.05, 0.1) is 0 Å². The van der Waals surface area contributed by atoms with Crippen molar-refractivity contribution in [3.63, 3.8) is 0 Å². The van der Waals surface area contributed by atoms with Gasteiger partial charge in [0.1, 0.15) is 5.60 Å². The van der Waals surface area contributed by atoms with Crippen molar-refractivity contribution in [2.75, 3.05) is 0 Å². The van der Waals surface area contributed by atoms with Crippen LogP contribution in [0.4, 0.5) is 0 Å². The Morgan fingerprint density at radius 3 is 2.71 bits per heavy atom. The van der Waals surface area contributed by atoms with Gasteiger partial charge in [-0.1, -0.05) is 37.0 Å². The number of rotatable bonds is 1. The molecule has 1 saturated carbocycles. The van der Waals surface area contributed by atoms with Gasteiger partial charge < -0.3 is 5.11 Å². The summed E-state index contributed by atoms with van der Waals surface area (Å²) in [5.74, 6) is 6.35. The first kappa shape index (κ1) is 9.30. The molecule has 1 N–H and O–H groups in total. The van der Waals surface area contributed by atoms with E-state index in [0.717, 1.165) is 18.4 Å². The van der Waals surface area contributed by atoms with Crippen LogP contribution in [0.5, 0.6) is 0 Å². The Bertz CT molecular complexity index is 371. The first-order valence-electron chi connectivity index (χ1n) is 5.05. The molecule has 1 fully saturated rings. The summed E-state index contributed by atoms with van der Waals surface area (Å²) in [5, 5.41) is 9.88. The monoisotopic (exact) mass is 186 g/mol. The van der Waals surface area contributed by atoms with E-state index in [-0.39, 0.29) is 0 Å². The molecule has 1 aromatic carbocycles. The Kier molecular flexibility index (Phi) is 2.31. The van der Waals surface area contributed by atoms with Crippen molar-refractivity contribution in [3.05, 3.63) is 35.9 Å². The molecule has 0 amide bonds. The molecule has 0 aromatic heterocycles. The molecule has 0 saturated heterocycles. The second kappa shape index (κ2) is 3.48. The minimum absolute atomic E-state index is 0.388. The fraction of sp³-hybridized carbons (Fsp3) is 0.385. The van der Waals surface area contributed by atoms with Crippen LogP contribution >= 0.6 is 0 Å². The fourth-order valence-corrected chi connectivity index (χ4v) is 1.65. The van der Waals surface area contributed by atoms with Crippen molar-refractivity contribution < 1.29 is 5.11 Å². The normalized spacial score (nSPS) is 29.1. The van der Waals surface area contributed by atoms with Gasteiger partial charge in [0.15, 0.2) is 0 Å². The molecule has 0 spiro atoms. The molecule has 1 nitrogen and oxygen atoms in total. The van der Waals surface area contributed by atoms with Crippen LogP contribution in [0.2, 0.25) is 0 Å². The summed E-state index contributed by atoms with van der Waals surface area (Å²) in [5.41, 5.74) is 0.285. The molecule has 1 aliphatic carbocycles. The Balaban J connectivity index is 2.09.